The summed E-state index contributed by atoms with van der Waals surface area (Å²) in [6, 6.07) is -0.875. The minimum atomic E-state index is -4.47. The van der Waals surface area contributed by atoms with E-state index in [2.05, 4.69) is 135 Å². The number of allylic oxidation sites excluding steroid dienone is 19. The molecule has 0 aromatic rings. The van der Waals surface area contributed by atoms with Crippen LogP contribution in [0.3, 0.4) is 0 Å². The van der Waals surface area contributed by atoms with Crippen molar-refractivity contribution in [3.63, 3.8) is 0 Å². The zero-order valence-corrected chi connectivity index (χ0v) is 55.3. The van der Waals surface area contributed by atoms with Gasteiger partial charge in [0.05, 0.1) is 33.8 Å². The molecular formula is C73H128N2O7P+. The fraction of sp³-hybridized carbons (Fsp3) is 0.699. The second-order valence-electron chi connectivity index (χ2n) is 23.6. The van der Waals surface area contributed by atoms with Crippen molar-refractivity contribution >= 4 is 19.7 Å². The number of likely N-dealkylation sites (N-methyl/N-ethyl adjacent to an activating group) is 1. The summed E-state index contributed by atoms with van der Waals surface area (Å²) in [6.45, 7) is 6.83. The van der Waals surface area contributed by atoms with Gasteiger partial charge in [0.2, 0.25) is 5.91 Å². The van der Waals surface area contributed by atoms with Gasteiger partial charge >= 0.3 is 13.8 Å². The third-order valence-corrected chi connectivity index (χ3v) is 15.4. The summed E-state index contributed by atoms with van der Waals surface area (Å²) < 4.78 is 30.7. The lowest BCUT2D eigenvalue weighted by atomic mass is 10.0. The van der Waals surface area contributed by atoms with E-state index in [0.717, 1.165) is 116 Å². The SMILES string of the molecule is CC/C=C\C/C=C\C/C=C\C/C=C\C/C=C\CCCCCC(=O)NC(COP(=O)(O)OCC[N+](C)(C)C)C(/C=C\CCCCCCCCCCC)OC(=O)CCCCCCCCCCCCC/C=C\C/C=C\C/C=C\C/C=C\CCCCC. The molecule has 1 amide bonds. The van der Waals surface area contributed by atoms with Gasteiger partial charge in [-0.2, -0.15) is 0 Å². The molecule has 0 aliphatic rings. The zero-order valence-electron chi connectivity index (χ0n) is 54.4. The van der Waals surface area contributed by atoms with E-state index in [9.17, 15) is 19.0 Å². The molecule has 0 heterocycles. The standard InChI is InChI=1S/C73H127N2O7P/c1-7-10-13-16-19-22-25-27-29-31-33-34-35-36-37-38-39-40-42-44-46-48-51-54-57-60-63-66-73(77)82-71(64-61-58-55-52-49-24-21-18-15-12-9-3)70(69-81-83(78,79)80-68-67-75(4,5)6)74-72(76)65-62-59-56-53-50-47-45-43-41-32-30-28-26-23-20-17-14-11-8-2/h11,14,19-20,22-23,27-30,33-34,36-37,41,43,47,50,61,64,70-71H,7-10,12-13,15-18,21,24-26,31-32,35,38-40,42,44-46,48-49,51-60,62-63,65-69H2,1-6H3,(H-,74,76,78,79)/p+1/b14-11-,22-19-,23-20-,29-27-,30-28-,34-33-,37-36-,43-41-,50-47-,64-61-. The molecule has 0 aromatic heterocycles. The number of unbranched alkanes of at least 4 members (excludes halogenated alkanes) is 26. The van der Waals surface area contributed by atoms with Gasteiger partial charge in [0.25, 0.3) is 0 Å². The summed E-state index contributed by atoms with van der Waals surface area (Å²) in [4.78, 5) is 37.8. The first-order valence-electron chi connectivity index (χ1n) is 33.9. The van der Waals surface area contributed by atoms with Gasteiger partial charge in [-0.3, -0.25) is 18.6 Å². The molecule has 10 heteroatoms. The van der Waals surface area contributed by atoms with Gasteiger partial charge < -0.3 is 19.4 Å². The van der Waals surface area contributed by atoms with Crippen LogP contribution < -0.4 is 5.32 Å². The number of nitrogens with one attached hydrogen (secondary N) is 1. The highest BCUT2D eigenvalue weighted by atomic mass is 31.2. The maximum Gasteiger partial charge on any atom is 0.472 e. The van der Waals surface area contributed by atoms with Gasteiger partial charge in [0.15, 0.2) is 0 Å². The van der Waals surface area contributed by atoms with Crippen LogP contribution in [0.5, 0.6) is 0 Å². The van der Waals surface area contributed by atoms with Crippen molar-refractivity contribution in [1.82, 2.24) is 5.32 Å². The highest BCUT2D eigenvalue weighted by Crippen LogP contribution is 2.43. The van der Waals surface area contributed by atoms with E-state index in [1.165, 1.54) is 122 Å². The summed E-state index contributed by atoms with van der Waals surface area (Å²) in [5.74, 6) is -0.551. The Hall–Kier alpha value is -3.59. The van der Waals surface area contributed by atoms with E-state index in [1.807, 2.05) is 33.3 Å². The average molecular weight is 1180 g/mol. The number of carbonyl (C=O) groups is 2. The first-order chi connectivity index (χ1) is 40.4. The van der Waals surface area contributed by atoms with Crippen LogP contribution in [0.2, 0.25) is 0 Å². The Balaban J connectivity index is 5.12. The number of carbonyl (C=O) groups excluding carboxylic acids is 2. The fourth-order valence-electron chi connectivity index (χ4n) is 9.19. The smallest absolute Gasteiger partial charge is 0.456 e. The molecule has 0 rings (SSSR count). The van der Waals surface area contributed by atoms with E-state index < -0.39 is 20.0 Å². The van der Waals surface area contributed by atoms with E-state index in [0.29, 0.717) is 17.4 Å². The van der Waals surface area contributed by atoms with Crippen molar-refractivity contribution in [1.29, 1.82) is 0 Å². The van der Waals surface area contributed by atoms with E-state index in [1.54, 1.807) is 0 Å². The molecule has 0 saturated carbocycles. The molecule has 0 spiro atoms. The summed E-state index contributed by atoms with van der Waals surface area (Å²) in [5.41, 5.74) is 0. The predicted octanol–water partition coefficient (Wildman–Crippen LogP) is 21.4. The Morgan fingerprint density at radius 3 is 1.19 bits per heavy atom. The summed E-state index contributed by atoms with van der Waals surface area (Å²) in [7, 11) is 1.46. The van der Waals surface area contributed by atoms with Gasteiger partial charge in [0, 0.05) is 12.8 Å². The van der Waals surface area contributed by atoms with E-state index in [4.69, 9.17) is 13.8 Å². The Kier molecular flexibility index (Phi) is 58.8. The summed E-state index contributed by atoms with van der Waals surface area (Å²) >= 11 is 0. The molecule has 83 heavy (non-hydrogen) atoms. The van der Waals surface area contributed by atoms with Gasteiger partial charge in [-0.25, -0.2) is 4.57 Å². The van der Waals surface area contributed by atoms with Crippen molar-refractivity contribution < 1.29 is 37.3 Å². The molecule has 3 unspecified atom stereocenters. The molecule has 0 bridgehead atoms. The molecule has 9 nitrogen and oxygen atoms in total. The van der Waals surface area contributed by atoms with Crippen LogP contribution in [0.1, 0.15) is 278 Å². The Morgan fingerprint density at radius 2 is 0.771 bits per heavy atom. The van der Waals surface area contributed by atoms with Crippen molar-refractivity contribution in [3.8, 4) is 0 Å². The maximum absolute atomic E-state index is 13.6. The molecule has 0 radical (unpaired) electrons. The quantitative estimate of drug-likeness (QED) is 0.0205. The van der Waals surface area contributed by atoms with Crippen LogP contribution >= 0.6 is 7.82 Å². The topological polar surface area (TPSA) is 111 Å². The van der Waals surface area contributed by atoms with Crippen molar-refractivity contribution in [3.05, 3.63) is 122 Å². The number of phosphoric acid groups is 1. The predicted molar refractivity (Wildman–Crippen MR) is 360 cm³/mol. The molecule has 2 N–H and O–H groups in total. The first-order valence-corrected chi connectivity index (χ1v) is 35.4. The normalized spacial score (nSPS) is 14.3. The van der Waals surface area contributed by atoms with Crippen molar-refractivity contribution in [2.24, 2.45) is 0 Å². The van der Waals surface area contributed by atoms with Crippen LogP contribution in [0.4, 0.5) is 0 Å². The van der Waals surface area contributed by atoms with Gasteiger partial charge in [-0.05, 0) is 122 Å². The van der Waals surface area contributed by atoms with Gasteiger partial charge in [0.1, 0.15) is 19.3 Å². The largest absolute Gasteiger partial charge is 0.472 e. The number of quaternary nitrogens is 1. The van der Waals surface area contributed by atoms with Crippen molar-refractivity contribution in [2.75, 3.05) is 40.9 Å². The lowest BCUT2D eigenvalue weighted by molar-refractivity contribution is -0.870. The molecule has 0 aliphatic carbocycles. The monoisotopic (exact) mass is 1180 g/mol. The molecule has 0 aliphatic heterocycles. The number of nitrogens with zero attached hydrogens (tertiary/aromatic N) is 1. The van der Waals surface area contributed by atoms with Crippen LogP contribution in [0, 0.1) is 0 Å². The number of amides is 1. The molecule has 3 atom stereocenters. The number of ether oxygens (including phenoxy) is 1. The second-order valence-corrected chi connectivity index (χ2v) is 25.1. The molecule has 476 valence electrons. The molecule has 0 aromatic carbocycles. The first kappa shape index (κ1) is 79.4. The fourth-order valence-corrected chi connectivity index (χ4v) is 9.92. The lowest BCUT2D eigenvalue weighted by Crippen LogP contribution is -2.47. The minimum Gasteiger partial charge on any atom is -0.456 e. The zero-order chi connectivity index (χ0) is 60.7. The Morgan fingerprint density at radius 1 is 0.434 bits per heavy atom. The molecular weight excluding hydrogens is 1050 g/mol. The minimum absolute atomic E-state index is 0.0270. The number of hydrogen-bond donors (Lipinski definition) is 2. The number of rotatable bonds is 60. The number of esters is 1. The van der Waals surface area contributed by atoms with Crippen molar-refractivity contribution in [2.45, 2.75) is 290 Å². The van der Waals surface area contributed by atoms with Gasteiger partial charge in [-0.15, -0.1) is 0 Å². The lowest BCUT2D eigenvalue weighted by Gasteiger charge is -2.27. The third kappa shape index (κ3) is 62.8. The number of phosphoric ester groups is 1. The van der Waals surface area contributed by atoms with Crippen LogP contribution in [-0.2, 0) is 27.9 Å². The highest BCUT2D eigenvalue weighted by Gasteiger charge is 2.30. The summed E-state index contributed by atoms with van der Waals surface area (Å²) in [6.07, 6.45) is 86.4. The Bertz CT molecular complexity index is 1830. The molecule has 0 fully saturated rings. The van der Waals surface area contributed by atoms with Crippen LogP contribution in [0.25, 0.3) is 0 Å². The summed E-state index contributed by atoms with van der Waals surface area (Å²) in [5, 5.41) is 3.04. The average Bonchev–Trinajstić information content (AvgIpc) is 3.52. The second kappa shape index (κ2) is 61.5. The van der Waals surface area contributed by atoms with Crippen LogP contribution in [0.15, 0.2) is 122 Å². The maximum atomic E-state index is 13.6. The van der Waals surface area contributed by atoms with Crippen LogP contribution in [-0.4, -0.2) is 74.3 Å². The van der Waals surface area contributed by atoms with E-state index >= 15 is 0 Å². The van der Waals surface area contributed by atoms with E-state index in [-0.39, 0.29) is 37.9 Å². The number of hydrogen-bond acceptors (Lipinski definition) is 6. The van der Waals surface area contributed by atoms with Gasteiger partial charge in [-0.1, -0.05) is 265 Å². The highest BCUT2D eigenvalue weighted by molar-refractivity contribution is 7.47. The third-order valence-electron chi connectivity index (χ3n) is 14.4. The molecule has 0 saturated heterocycles. The Labute approximate surface area is 512 Å².